The van der Waals surface area contributed by atoms with E-state index in [0.29, 0.717) is 40.8 Å². The minimum Gasteiger partial charge on any atom is -0.478 e. The zero-order chi connectivity index (χ0) is 24.8. The highest BCUT2D eigenvalue weighted by Crippen LogP contribution is 2.46. The second-order valence-corrected chi connectivity index (χ2v) is 10.9. The van der Waals surface area contributed by atoms with Crippen molar-refractivity contribution in [3.05, 3.63) is 69.2 Å². The Kier molecular flexibility index (Phi) is 6.53. The van der Waals surface area contributed by atoms with E-state index in [-0.39, 0.29) is 29.0 Å². The summed E-state index contributed by atoms with van der Waals surface area (Å²) in [4.78, 5) is 32.1. The Labute approximate surface area is 209 Å². The molecule has 0 radical (unpaired) electrons. The molecular formula is C26H28Cl2N2O4. The molecule has 2 aliphatic heterocycles. The Morgan fingerprint density at radius 2 is 1.79 bits per heavy atom. The largest absolute Gasteiger partial charge is 0.478 e. The summed E-state index contributed by atoms with van der Waals surface area (Å²) in [5, 5.41) is 10.1. The fourth-order valence-corrected chi connectivity index (χ4v) is 5.31. The summed E-state index contributed by atoms with van der Waals surface area (Å²) in [5.74, 6) is -1.20. The third-order valence-electron chi connectivity index (χ3n) is 6.65. The standard InChI is InChI=1S/C26H28Cl2N2O4/c1-15(16-5-7-17(8-6-16)24(32)33)30-23(31)22(18-11-19(27)13-20(28)12-18)29-26(30)9-10-34-21(14-26)25(2,3)4/h5-8,11-13,15,21H,9-10,14H2,1-4H3,(H,32,33). The number of carbonyl (C=O) groups is 2. The van der Waals surface area contributed by atoms with Crippen molar-refractivity contribution in [2.24, 2.45) is 10.4 Å². The Balaban J connectivity index is 1.80. The van der Waals surface area contributed by atoms with Gasteiger partial charge in [0.15, 0.2) is 0 Å². The fraction of sp³-hybridized carbons (Fsp3) is 0.423. The number of rotatable bonds is 4. The van der Waals surface area contributed by atoms with Crippen molar-refractivity contribution in [2.75, 3.05) is 6.61 Å². The van der Waals surface area contributed by atoms with Crippen LogP contribution in [0, 0.1) is 5.41 Å². The molecule has 0 aromatic heterocycles. The predicted octanol–water partition coefficient (Wildman–Crippen LogP) is 6.01. The van der Waals surface area contributed by atoms with Crippen LogP contribution in [0.15, 0.2) is 47.5 Å². The van der Waals surface area contributed by atoms with E-state index >= 15 is 0 Å². The van der Waals surface area contributed by atoms with E-state index in [0.717, 1.165) is 5.56 Å². The van der Waals surface area contributed by atoms with Crippen LogP contribution >= 0.6 is 23.2 Å². The van der Waals surface area contributed by atoms with Gasteiger partial charge >= 0.3 is 5.97 Å². The van der Waals surface area contributed by atoms with Gasteiger partial charge in [-0.1, -0.05) is 56.1 Å². The first-order chi connectivity index (χ1) is 15.9. The molecular weight excluding hydrogens is 475 g/mol. The monoisotopic (exact) mass is 502 g/mol. The number of carboxylic acids is 1. The highest BCUT2D eigenvalue weighted by Gasteiger charge is 2.53. The number of amides is 1. The maximum Gasteiger partial charge on any atom is 0.335 e. The lowest BCUT2D eigenvalue weighted by atomic mass is 9.80. The van der Waals surface area contributed by atoms with E-state index < -0.39 is 11.6 Å². The Hall–Kier alpha value is -2.41. The average molecular weight is 503 g/mol. The molecule has 6 nitrogen and oxygen atoms in total. The molecule has 1 N–H and O–H groups in total. The summed E-state index contributed by atoms with van der Waals surface area (Å²) in [6.45, 7) is 8.78. The number of ether oxygens (including phenoxy) is 1. The molecule has 2 aromatic carbocycles. The summed E-state index contributed by atoms with van der Waals surface area (Å²) in [5.41, 5.74) is 1.01. The SMILES string of the molecule is CC(c1ccc(C(=O)O)cc1)N1C(=O)C(c2cc(Cl)cc(Cl)c2)=NC12CCOC(C(C)(C)C)C2. The van der Waals surface area contributed by atoms with Crippen molar-refractivity contribution >= 4 is 40.8 Å². The fourth-order valence-electron chi connectivity index (χ4n) is 4.78. The summed E-state index contributed by atoms with van der Waals surface area (Å²) >= 11 is 12.5. The lowest BCUT2D eigenvalue weighted by Gasteiger charge is -2.47. The molecule has 1 amide bonds. The lowest BCUT2D eigenvalue weighted by Crippen LogP contribution is -2.55. The molecule has 1 spiro atoms. The number of carboxylic acid groups (broad SMARTS) is 1. The minimum absolute atomic E-state index is 0.0933. The first kappa shape index (κ1) is 24.7. The molecule has 3 unspecified atom stereocenters. The summed E-state index contributed by atoms with van der Waals surface area (Å²) in [7, 11) is 0. The van der Waals surface area contributed by atoms with Gasteiger partial charge in [0.2, 0.25) is 0 Å². The van der Waals surface area contributed by atoms with Crippen LogP contribution in [0.2, 0.25) is 10.0 Å². The molecule has 34 heavy (non-hydrogen) atoms. The van der Waals surface area contributed by atoms with Crippen LogP contribution in [0.4, 0.5) is 0 Å². The number of nitrogens with zero attached hydrogens (tertiary/aromatic N) is 2. The Morgan fingerprint density at radius 1 is 1.18 bits per heavy atom. The van der Waals surface area contributed by atoms with E-state index in [4.69, 9.17) is 32.9 Å². The van der Waals surface area contributed by atoms with Crippen molar-refractivity contribution < 1.29 is 19.4 Å². The van der Waals surface area contributed by atoms with Crippen LogP contribution in [0.5, 0.6) is 0 Å². The van der Waals surface area contributed by atoms with Gasteiger partial charge in [0.1, 0.15) is 11.4 Å². The number of halogens is 2. The van der Waals surface area contributed by atoms with Crippen LogP contribution < -0.4 is 0 Å². The highest BCUT2D eigenvalue weighted by molar-refractivity contribution is 6.47. The number of aromatic carboxylic acids is 1. The number of carbonyl (C=O) groups excluding carboxylic acids is 1. The van der Waals surface area contributed by atoms with Gasteiger partial charge in [-0.3, -0.25) is 9.79 Å². The van der Waals surface area contributed by atoms with Gasteiger partial charge in [-0.2, -0.15) is 0 Å². The van der Waals surface area contributed by atoms with Gasteiger partial charge < -0.3 is 14.7 Å². The van der Waals surface area contributed by atoms with Crippen LogP contribution in [-0.2, 0) is 9.53 Å². The van der Waals surface area contributed by atoms with Gasteiger partial charge in [0.25, 0.3) is 5.91 Å². The number of hydrogen-bond acceptors (Lipinski definition) is 4. The number of benzene rings is 2. The van der Waals surface area contributed by atoms with Crippen molar-refractivity contribution in [1.82, 2.24) is 4.90 Å². The molecule has 0 saturated carbocycles. The highest BCUT2D eigenvalue weighted by atomic mass is 35.5. The van der Waals surface area contributed by atoms with E-state index in [2.05, 4.69) is 20.8 Å². The summed E-state index contributed by atoms with van der Waals surface area (Å²) in [6.07, 6.45) is 1.02. The number of aliphatic imine (C=N–C) groups is 1. The molecule has 2 aliphatic rings. The first-order valence-corrected chi connectivity index (χ1v) is 12.0. The molecule has 2 aromatic rings. The zero-order valence-electron chi connectivity index (χ0n) is 19.6. The molecule has 0 aliphatic carbocycles. The van der Waals surface area contributed by atoms with Gasteiger partial charge in [0, 0.05) is 28.5 Å². The molecule has 2 heterocycles. The molecule has 8 heteroatoms. The van der Waals surface area contributed by atoms with Crippen molar-refractivity contribution in [1.29, 1.82) is 0 Å². The maximum absolute atomic E-state index is 13.9. The van der Waals surface area contributed by atoms with Crippen LogP contribution in [0.25, 0.3) is 0 Å². The number of hydrogen-bond donors (Lipinski definition) is 1. The van der Waals surface area contributed by atoms with Crippen molar-refractivity contribution in [3.63, 3.8) is 0 Å². The van der Waals surface area contributed by atoms with Crippen LogP contribution in [-0.4, -0.2) is 46.0 Å². The molecule has 1 saturated heterocycles. The van der Waals surface area contributed by atoms with E-state index in [1.165, 1.54) is 0 Å². The van der Waals surface area contributed by atoms with Crippen molar-refractivity contribution in [2.45, 2.75) is 58.3 Å². The zero-order valence-corrected chi connectivity index (χ0v) is 21.2. The quantitative estimate of drug-likeness (QED) is 0.555. The van der Waals surface area contributed by atoms with Crippen molar-refractivity contribution in [3.8, 4) is 0 Å². The van der Waals surface area contributed by atoms with E-state index in [1.807, 2.05) is 11.8 Å². The van der Waals surface area contributed by atoms with E-state index in [1.54, 1.807) is 42.5 Å². The van der Waals surface area contributed by atoms with Gasteiger partial charge in [-0.15, -0.1) is 0 Å². The van der Waals surface area contributed by atoms with Gasteiger partial charge in [-0.25, -0.2) is 4.79 Å². The second-order valence-electron chi connectivity index (χ2n) is 10.1. The lowest BCUT2D eigenvalue weighted by molar-refractivity contribution is -0.144. The predicted molar refractivity (Wildman–Crippen MR) is 133 cm³/mol. The first-order valence-electron chi connectivity index (χ1n) is 11.3. The molecule has 4 rings (SSSR count). The summed E-state index contributed by atoms with van der Waals surface area (Å²) < 4.78 is 6.10. The topological polar surface area (TPSA) is 79.2 Å². The van der Waals surface area contributed by atoms with E-state index in [9.17, 15) is 14.7 Å². The third kappa shape index (κ3) is 4.59. The van der Waals surface area contributed by atoms with Gasteiger partial charge in [-0.05, 0) is 48.2 Å². The van der Waals surface area contributed by atoms with Gasteiger partial charge in [0.05, 0.1) is 24.3 Å². The molecule has 180 valence electrons. The Morgan fingerprint density at radius 3 is 2.35 bits per heavy atom. The van der Waals surface area contributed by atoms with Crippen LogP contribution in [0.3, 0.4) is 0 Å². The smallest absolute Gasteiger partial charge is 0.335 e. The second kappa shape index (κ2) is 8.99. The molecule has 1 fully saturated rings. The third-order valence-corrected chi connectivity index (χ3v) is 7.09. The normalized spacial score (nSPS) is 23.8. The Bertz CT molecular complexity index is 1140. The maximum atomic E-state index is 13.9. The summed E-state index contributed by atoms with van der Waals surface area (Å²) in [6, 6.07) is 11.3. The average Bonchev–Trinajstić information content (AvgIpc) is 3.03. The molecule has 3 atom stereocenters. The minimum atomic E-state index is -0.992. The van der Waals surface area contributed by atoms with Crippen LogP contribution in [0.1, 0.15) is 68.1 Å². The molecule has 0 bridgehead atoms.